The van der Waals surface area contributed by atoms with E-state index in [1.54, 1.807) is 0 Å². The molecular weight excluding hydrogens is 210 g/mol. The highest BCUT2D eigenvalue weighted by Crippen LogP contribution is 2.14. The van der Waals surface area contributed by atoms with Gasteiger partial charge in [-0.1, -0.05) is 26.3 Å². The Balaban J connectivity index is 2.72. The minimum Gasteiger partial charge on any atom is -0.358 e. The molecule has 0 aliphatic carbocycles. The predicted octanol–water partition coefficient (Wildman–Crippen LogP) is 3.35. The van der Waals surface area contributed by atoms with Crippen LogP contribution in [-0.4, -0.2) is 4.98 Å². The molecule has 0 fully saturated rings. The van der Waals surface area contributed by atoms with Gasteiger partial charge in [0.15, 0.2) is 5.43 Å². The second-order valence-corrected chi connectivity index (χ2v) is 4.54. The predicted molar refractivity (Wildman–Crippen MR) is 72.7 cm³/mol. The van der Waals surface area contributed by atoms with Crippen LogP contribution in [0.5, 0.6) is 0 Å². The summed E-state index contributed by atoms with van der Waals surface area (Å²) < 4.78 is 0. The van der Waals surface area contributed by atoms with Crippen LogP contribution in [0.15, 0.2) is 23.0 Å². The number of aromatic nitrogens is 1. The van der Waals surface area contributed by atoms with Gasteiger partial charge in [-0.05, 0) is 37.5 Å². The van der Waals surface area contributed by atoms with Crippen molar-refractivity contribution in [3.8, 4) is 0 Å². The lowest BCUT2D eigenvalue weighted by molar-refractivity contribution is 0.876. The molecule has 0 amide bonds. The van der Waals surface area contributed by atoms with E-state index in [1.807, 2.05) is 19.1 Å². The van der Waals surface area contributed by atoms with E-state index >= 15 is 0 Å². The van der Waals surface area contributed by atoms with Crippen molar-refractivity contribution in [2.75, 3.05) is 0 Å². The maximum Gasteiger partial charge on any atom is 0.192 e. The standard InChI is InChI=1S/C15H19NO/c1-4-6-13-10(3)15(17)12-9-11(5-2)7-8-14(12)16-13/h7-9H,4-6H2,1-3H3,(H,16,17). The van der Waals surface area contributed by atoms with Gasteiger partial charge >= 0.3 is 0 Å². The van der Waals surface area contributed by atoms with Crippen molar-refractivity contribution >= 4 is 10.9 Å². The van der Waals surface area contributed by atoms with Crippen LogP contribution < -0.4 is 5.43 Å². The van der Waals surface area contributed by atoms with Gasteiger partial charge in [-0.3, -0.25) is 4.79 Å². The van der Waals surface area contributed by atoms with E-state index in [0.717, 1.165) is 41.4 Å². The van der Waals surface area contributed by atoms with Crippen molar-refractivity contribution < 1.29 is 0 Å². The van der Waals surface area contributed by atoms with Gasteiger partial charge in [0.25, 0.3) is 0 Å². The van der Waals surface area contributed by atoms with Gasteiger partial charge in [0.1, 0.15) is 0 Å². The average Bonchev–Trinajstić information content (AvgIpc) is 2.35. The Hall–Kier alpha value is -1.57. The van der Waals surface area contributed by atoms with Gasteiger partial charge in [0, 0.05) is 22.2 Å². The van der Waals surface area contributed by atoms with Gasteiger partial charge in [0.05, 0.1) is 0 Å². The van der Waals surface area contributed by atoms with Crippen LogP contribution in [0.1, 0.15) is 37.1 Å². The zero-order chi connectivity index (χ0) is 12.4. The topological polar surface area (TPSA) is 32.9 Å². The minimum absolute atomic E-state index is 0.178. The molecule has 0 radical (unpaired) electrons. The Bertz CT molecular complexity index is 596. The smallest absolute Gasteiger partial charge is 0.192 e. The van der Waals surface area contributed by atoms with Gasteiger partial charge < -0.3 is 4.98 Å². The maximum atomic E-state index is 12.3. The molecule has 17 heavy (non-hydrogen) atoms. The number of nitrogens with one attached hydrogen (secondary N) is 1. The number of aromatic amines is 1. The highest BCUT2D eigenvalue weighted by Gasteiger charge is 2.07. The third kappa shape index (κ3) is 2.12. The molecule has 2 nitrogen and oxygen atoms in total. The summed E-state index contributed by atoms with van der Waals surface area (Å²) in [7, 11) is 0. The van der Waals surface area contributed by atoms with Crippen LogP contribution in [0.25, 0.3) is 10.9 Å². The summed E-state index contributed by atoms with van der Waals surface area (Å²) in [5.41, 5.74) is 4.30. The molecule has 2 aromatic rings. The fourth-order valence-corrected chi connectivity index (χ4v) is 2.20. The molecule has 0 saturated carbocycles. The van der Waals surface area contributed by atoms with Crippen molar-refractivity contribution in [3.63, 3.8) is 0 Å². The van der Waals surface area contributed by atoms with Crippen molar-refractivity contribution in [1.29, 1.82) is 0 Å². The first-order chi connectivity index (χ1) is 8.17. The second kappa shape index (κ2) is 4.74. The van der Waals surface area contributed by atoms with Gasteiger partial charge in [-0.25, -0.2) is 0 Å². The molecule has 0 aliphatic rings. The van der Waals surface area contributed by atoms with Crippen LogP contribution in [0.4, 0.5) is 0 Å². The Labute approximate surface area is 102 Å². The van der Waals surface area contributed by atoms with E-state index < -0.39 is 0 Å². The third-order valence-electron chi connectivity index (χ3n) is 3.32. The monoisotopic (exact) mass is 229 g/mol. The van der Waals surface area contributed by atoms with Crippen LogP contribution in [0, 0.1) is 6.92 Å². The molecule has 1 aromatic carbocycles. The molecule has 0 unspecified atom stereocenters. The molecule has 0 saturated heterocycles. The maximum absolute atomic E-state index is 12.3. The van der Waals surface area contributed by atoms with Crippen molar-refractivity contribution in [2.24, 2.45) is 0 Å². The molecule has 2 heteroatoms. The molecule has 0 bridgehead atoms. The first-order valence-corrected chi connectivity index (χ1v) is 6.31. The molecular formula is C15H19NO. The Kier molecular flexibility index (Phi) is 3.32. The number of benzene rings is 1. The average molecular weight is 229 g/mol. The molecule has 0 atom stereocenters. The third-order valence-corrected chi connectivity index (χ3v) is 3.32. The Morgan fingerprint density at radius 1 is 1.24 bits per heavy atom. The van der Waals surface area contributed by atoms with Crippen molar-refractivity contribution in [3.05, 3.63) is 45.2 Å². The lowest BCUT2D eigenvalue weighted by Crippen LogP contribution is -2.11. The molecule has 1 heterocycles. The normalized spacial score (nSPS) is 11.0. The highest BCUT2D eigenvalue weighted by molar-refractivity contribution is 5.80. The number of rotatable bonds is 3. The van der Waals surface area contributed by atoms with Crippen LogP contribution >= 0.6 is 0 Å². The molecule has 0 aliphatic heterocycles. The summed E-state index contributed by atoms with van der Waals surface area (Å²) in [5.74, 6) is 0. The first-order valence-electron chi connectivity index (χ1n) is 6.31. The number of aryl methyl sites for hydroxylation is 2. The summed E-state index contributed by atoms with van der Waals surface area (Å²) >= 11 is 0. The minimum atomic E-state index is 0.178. The lowest BCUT2D eigenvalue weighted by atomic mass is 10.0. The number of hydrogen-bond donors (Lipinski definition) is 1. The fourth-order valence-electron chi connectivity index (χ4n) is 2.20. The number of H-pyrrole nitrogens is 1. The summed E-state index contributed by atoms with van der Waals surface area (Å²) in [5, 5.41) is 0.821. The number of pyridine rings is 1. The van der Waals surface area contributed by atoms with Crippen molar-refractivity contribution in [1.82, 2.24) is 4.98 Å². The SMILES string of the molecule is CCCc1[nH]c2ccc(CC)cc2c(=O)c1C. The summed E-state index contributed by atoms with van der Waals surface area (Å²) in [6.07, 6.45) is 2.95. The van der Waals surface area contributed by atoms with Crippen LogP contribution in [0.2, 0.25) is 0 Å². The molecule has 2 rings (SSSR count). The fraction of sp³-hybridized carbons (Fsp3) is 0.400. The molecule has 90 valence electrons. The highest BCUT2D eigenvalue weighted by atomic mass is 16.1. The number of hydrogen-bond acceptors (Lipinski definition) is 1. The van der Waals surface area contributed by atoms with Gasteiger partial charge in [-0.2, -0.15) is 0 Å². The van der Waals surface area contributed by atoms with Gasteiger partial charge in [0.2, 0.25) is 0 Å². The van der Waals surface area contributed by atoms with E-state index in [9.17, 15) is 4.79 Å². The largest absolute Gasteiger partial charge is 0.358 e. The summed E-state index contributed by atoms with van der Waals surface area (Å²) in [6.45, 7) is 6.15. The van der Waals surface area contributed by atoms with Crippen molar-refractivity contribution in [2.45, 2.75) is 40.0 Å². The second-order valence-electron chi connectivity index (χ2n) is 4.54. The summed E-state index contributed by atoms with van der Waals surface area (Å²) in [6, 6.07) is 6.12. The zero-order valence-electron chi connectivity index (χ0n) is 10.8. The lowest BCUT2D eigenvalue weighted by Gasteiger charge is -2.08. The van der Waals surface area contributed by atoms with Gasteiger partial charge in [-0.15, -0.1) is 0 Å². The van der Waals surface area contributed by atoms with Crippen LogP contribution in [0.3, 0.4) is 0 Å². The zero-order valence-corrected chi connectivity index (χ0v) is 10.8. The van der Waals surface area contributed by atoms with Crippen LogP contribution in [-0.2, 0) is 12.8 Å². The Morgan fingerprint density at radius 2 is 2.00 bits per heavy atom. The molecule has 0 spiro atoms. The van der Waals surface area contributed by atoms with E-state index in [1.165, 1.54) is 5.56 Å². The van der Waals surface area contributed by atoms with E-state index in [0.29, 0.717) is 0 Å². The molecule has 1 N–H and O–H groups in total. The quantitative estimate of drug-likeness (QED) is 0.860. The van der Waals surface area contributed by atoms with E-state index in [-0.39, 0.29) is 5.43 Å². The summed E-state index contributed by atoms with van der Waals surface area (Å²) in [4.78, 5) is 15.7. The number of fused-ring (bicyclic) bond motifs is 1. The Morgan fingerprint density at radius 3 is 2.65 bits per heavy atom. The molecule has 1 aromatic heterocycles. The van der Waals surface area contributed by atoms with E-state index in [4.69, 9.17) is 0 Å². The van der Waals surface area contributed by atoms with E-state index in [2.05, 4.69) is 24.9 Å². The first kappa shape index (κ1) is 11.9.